The fourth-order valence-corrected chi connectivity index (χ4v) is 2.21. The smallest absolute Gasteiger partial charge is 0.238 e. The molecule has 0 aliphatic carbocycles. The summed E-state index contributed by atoms with van der Waals surface area (Å²) >= 11 is 0. The van der Waals surface area contributed by atoms with Crippen LogP contribution in [0.3, 0.4) is 0 Å². The molecule has 2 amide bonds. The van der Waals surface area contributed by atoms with Crippen LogP contribution in [-0.4, -0.2) is 50.0 Å². The van der Waals surface area contributed by atoms with Crippen molar-refractivity contribution in [1.82, 2.24) is 10.2 Å². The van der Waals surface area contributed by atoms with E-state index in [0.717, 1.165) is 12.8 Å². The van der Waals surface area contributed by atoms with Gasteiger partial charge in [0.1, 0.15) is 5.75 Å². The van der Waals surface area contributed by atoms with Crippen LogP contribution < -0.4 is 15.4 Å². The Balaban J connectivity index is 2.42. The lowest BCUT2D eigenvalue weighted by molar-refractivity contribution is -0.123. The highest BCUT2D eigenvalue weighted by Gasteiger charge is 2.13. The van der Waals surface area contributed by atoms with E-state index in [1.165, 1.54) is 0 Å². The summed E-state index contributed by atoms with van der Waals surface area (Å²) < 4.78 is 5.11. The third-order valence-corrected chi connectivity index (χ3v) is 3.53. The summed E-state index contributed by atoms with van der Waals surface area (Å²) in [4.78, 5) is 25.6. The van der Waals surface area contributed by atoms with Crippen LogP contribution in [-0.2, 0) is 9.59 Å². The van der Waals surface area contributed by atoms with Crippen molar-refractivity contribution >= 4 is 17.5 Å². The minimum atomic E-state index is -0.170. The molecule has 0 fully saturated rings. The van der Waals surface area contributed by atoms with Crippen molar-refractivity contribution in [3.05, 3.63) is 24.3 Å². The molecule has 6 nitrogen and oxygen atoms in total. The molecule has 0 heterocycles. The average molecular weight is 321 g/mol. The van der Waals surface area contributed by atoms with Crippen LogP contribution in [0, 0.1) is 0 Å². The van der Waals surface area contributed by atoms with Gasteiger partial charge < -0.3 is 15.4 Å². The number of hydrogen-bond acceptors (Lipinski definition) is 4. The Morgan fingerprint density at radius 1 is 1.17 bits per heavy atom. The molecule has 0 bridgehead atoms. The fraction of sp³-hybridized carbons (Fsp3) is 0.529. The number of amides is 2. The summed E-state index contributed by atoms with van der Waals surface area (Å²) in [6.45, 7) is 4.43. The molecule has 128 valence electrons. The van der Waals surface area contributed by atoms with Gasteiger partial charge in [-0.2, -0.15) is 0 Å². The van der Waals surface area contributed by atoms with Gasteiger partial charge in [-0.15, -0.1) is 0 Å². The van der Waals surface area contributed by atoms with Crippen LogP contribution in [0.4, 0.5) is 5.69 Å². The van der Waals surface area contributed by atoms with Gasteiger partial charge in [0.05, 0.1) is 20.2 Å². The highest BCUT2D eigenvalue weighted by molar-refractivity contribution is 5.92. The Labute approximate surface area is 138 Å². The lowest BCUT2D eigenvalue weighted by atomic mass is 10.2. The topological polar surface area (TPSA) is 70.7 Å². The first kappa shape index (κ1) is 19.0. The van der Waals surface area contributed by atoms with Crippen LogP contribution in [0.5, 0.6) is 5.75 Å². The van der Waals surface area contributed by atoms with Gasteiger partial charge in [0, 0.05) is 17.8 Å². The number of carbonyl (C=O) groups is 2. The molecule has 0 saturated heterocycles. The molecule has 6 heteroatoms. The van der Waals surface area contributed by atoms with Crippen molar-refractivity contribution in [2.24, 2.45) is 0 Å². The van der Waals surface area contributed by atoms with E-state index in [1.807, 2.05) is 19.9 Å². The number of nitrogens with zero attached hydrogens (tertiary/aromatic N) is 1. The van der Waals surface area contributed by atoms with Crippen molar-refractivity contribution in [3.8, 4) is 5.75 Å². The molecular weight excluding hydrogens is 294 g/mol. The Hall–Kier alpha value is -2.08. The van der Waals surface area contributed by atoms with Crippen LogP contribution in [0.25, 0.3) is 0 Å². The fourth-order valence-electron chi connectivity index (χ4n) is 2.21. The van der Waals surface area contributed by atoms with E-state index >= 15 is 0 Å². The molecule has 1 aromatic rings. The molecule has 0 spiro atoms. The number of methoxy groups -OCH3 is 1. The average Bonchev–Trinajstić information content (AvgIpc) is 2.52. The Bertz CT molecular complexity index is 516. The summed E-state index contributed by atoms with van der Waals surface area (Å²) in [7, 11) is 3.32. The number of hydrogen-bond donors (Lipinski definition) is 2. The molecule has 2 N–H and O–H groups in total. The van der Waals surface area contributed by atoms with Gasteiger partial charge >= 0.3 is 0 Å². The molecule has 0 atom stereocenters. The molecule has 1 rings (SSSR count). The van der Waals surface area contributed by atoms with E-state index in [1.54, 1.807) is 37.3 Å². The van der Waals surface area contributed by atoms with Crippen molar-refractivity contribution in [1.29, 1.82) is 0 Å². The second kappa shape index (κ2) is 9.84. The quantitative estimate of drug-likeness (QED) is 0.728. The first-order chi connectivity index (χ1) is 11.0. The van der Waals surface area contributed by atoms with Crippen LogP contribution in [0.15, 0.2) is 24.3 Å². The van der Waals surface area contributed by atoms with Gasteiger partial charge in [-0.25, -0.2) is 0 Å². The lowest BCUT2D eigenvalue weighted by Gasteiger charge is -2.19. The van der Waals surface area contributed by atoms with Gasteiger partial charge in [0.15, 0.2) is 0 Å². The maximum absolute atomic E-state index is 12.0. The van der Waals surface area contributed by atoms with Crippen molar-refractivity contribution in [2.45, 2.75) is 32.7 Å². The molecule has 0 saturated carbocycles. The van der Waals surface area contributed by atoms with Crippen molar-refractivity contribution in [3.63, 3.8) is 0 Å². The largest absolute Gasteiger partial charge is 0.497 e. The number of anilines is 1. The van der Waals surface area contributed by atoms with Gasteiger partial charge in [0.25, 0.3) is 0 Å². The first-order valence-corrected chi connectivity index (χ1v) is 7.90. The molecule has 0 aliphatic rings. The minimum absolute atomic E-state index is 0.0598. The van der Waals surface area contributed by atoms with E-state index in [9.17, 15) is 9.59 Å². The Morgan fingerprint density at radius 2 is 1.83 bits per heavy atom. The zero-order valence-corrected chi connectivity index (χ0v) is 14.4. The van der Waals surface area contributed by atoms with E-state index in [0.29, 0.717) is 11.4 Å². The van der Waals surface area contributed by atoms with Crippen LogP contribution in [0.1, 0.15) is 26.7 Å². The normalized spacial score (nSPS) is 10.7. The van der Waals surface area contributed by atoms with E-state index in [2.05, 4.69) is 10.6 Å². The number of ether oxygens (including phenoxy) is 1. The third-order valence-electron chi connectivity index (χ3n) is 3.53. The van der Waals surface area contributed by atoms with Crippen LogP contribution >= 0.6 is 0 Å². The molecule has 0 aromatic heterocycles. The highest BCUT2D eigenvalue weighted by Crippen LogP contribution is 2.16. The standard InChI is InChI=1S/C17H27N3O3/c1-5-13(6-2)18-16(21)11-20(3)12-17(22)19-14-8-7-9-15(10-14)23-4/h7-10,13H,5-6,11-12H2,1-4H3,(H,18,21)(H,19,22). The van der Waals surface area contributed by atoms with Gasteiger partial charge in [-0.3, -0.25) is 14.5 Å². The van der Waals surface area contributed by atoms with Crippen molar-refractivity contribution < 1.29 is 14.3 Å². The number of carbonyl (C=O) groups excluding carboxylic acids is 2. The predicted octanol–water partition coefficient (Wildman–Crippen LogP) is 1.87. The zero-order valence-electron chi connectivity index (χ0n) is 14.4. The number of rotatable bonds is 9. The summed E-state index contributed by atoms with van der Waals surface area (Å²) in [6, 6.07) is 7.35. The maximum Gasteiger partial charge on any atom is 0.238 e. The molecule has 0 aliphatic heterocycles. The molecule has 1 aromatic carbocycles. The number of nitrogens with one attached hydrogen (secondary N) is 2. The molecule has 23 heavy (non-hydrogen) atoms. The number of benzene rings is 1. The Morgan fingerprint density at radius 3 is 2.43 bits per heavy atom. The lowest BCUT2D eigenvalue weighted by Crippen LogP contribution is -2.42. The summed E-state index contributed by atoms with van der Waals surface area (Å²) in [5.41, 5.74) is 0.671. The second-order valence-corrected chi connectivity index (χ2v) is 5.53. The summed E-state index contributed by atoms with van der Waals surface area (Å²) in [6.07, 6.45) is 1.81. The predicted molar refractivity (Wildman–Crippen MR) is 91.6 cm³/mol. The minimum Gasteiger partial charge on any atom is -0.497 e. The monoisotopic (exact) mass is 321 g/mol. The highest BCUT2D eigenvalue weighted by atomic mass is 16.5. The van der Waals surface area contributed by atoms with E-state index in [4.69, 9.17) is 4.74 Å². The second-order valence-electron chi connectivity index (χ2n) is 5.53. The van der Waals surface area contributed by atoms with Crippen LogP contribution in [0.2, 0.25) is 0 Å². The maximum atomic E-state index is 12.0. The molecular formula is C17H27N3O3. The van der Waals surface area contributed by atoms with Crippen molar-refractivity contribution in [2.75, 3.05) is 32.6 Å². The third kappa shape index (κ3) is 7.15. The van der Waals surface area contributed by atoms with E-state index < -0.39 is 0 Å². The Kier molecular flexibility index (Phi) is 8.11. The van der Waals surface area contributed by atoms with Gasteiger partial charge in [-0.05, 0) is 32.0 Å². The molecule has 0 radical (unpaired) electrons. The SMILES string of the molecule is CCC(CC)NC(=O)CN(C)CC(=O)Nc1cccc(OC)c1. The molecule has 0 unspecified atom stereocenters. The summed E-state index contributed by atoms with van der Waals surface area (Å²) in [5.74, 6) is 0.451. The first-order valence-electron chi connectivity index (χ1n) is 7.90. The van der Waals surface area contributed by atoms with E-state index in [-0.39, 0.29) is 30.9 Å². The van der Waals surface area contributed by atoms with Gasteiger partial charge in [0.2, 0.25) is 11.8 Å². The summed E-state index contributed by atoms with van der Waals surface area (Å²) in [5, 5.41) is 5.75. The van der Waals surface area contributed by atoms with Gasteiger partial charge in [-0.1, -0.05) is 19.9 Å². The zero-order chi connectivity index (χ0) is 17.2. The number of likely N-dealkylation sites (N-methyl/N-ethyl adjacent to an activating group) is 1.